The zero-order valence-electron chi connectivity index (χ0n) is 9.25. The van der Waals surface area contributed by atoms with Crippen LogP contribution in [-0.4, -0.2) is 15.2 Å². The topological polar surface area (TPSA) is 51.8 Å². The van der Waals surface area contributed by atoms with Gasteiger partial charge in [0.25, 0.3) is 5.89 Å². The van der Waals surface area contributed by atoms with E-state index in [-0.39, 0.29) is 0 Å². The molecule has 0 atom stereocenters. The summed E-state index contributed by atoms with van der Waals surface area (Å²) in [6.45, 7) is 0. The van der Waals surface area contributed by atoms with Crippen molar-refractivity contribution in [2.75, 3.05) is 0 Å². The van der Waals surface area contributed by atoms with E-state index in [0.29, 0.717) is 17.5 Å². The monoisotopic (exact) mass is 301 g/mol. The van der Waals surface area contributed by atoms with E-state index >= 15 is 0 Å². The highest BCUT2D eigenvalue weighted by atomic mass is 79.9. The lowest BCUT2D eigenvalue weighted by molar-refractivity contribution is 0.582. The summed E-state index contributed by atoms with van der Waals surface area (Å²) in [5, 5.41) is 8.01. The summed E-state index contributed by atoms with van der Waals surface area (Å²) in [7, 11) is 0. The number of aromatic nitrogens is 3. The van der Waals surface area contributed by atoms with Crippen molar-refractivity contribution in [2.24, 2.45) is 0 Å². The van der Waals surface area contributed by atoms with Crippen molar-refractivity contribution in [1.29, 1.82) is 0 Å². The highest BCUT2D eigenvalue weighted by Crippen LogP contribution is 2.23. The molecule has 0 saturated heterocycles. The molecule has 0 saturated carbocycles. The smallest absolute Gasteiger partial charge is 0.266 e. The molecule has 0 aliphatic rings. The molecule has 88 valence electrons. The molecule has 1 aromatic carbocycles. The average molecular weight is 302 g/mol. The number of benzene rings is 1. The Bertz CT molecular complexity index is 650. The Balaban J connectivity index is 1.97. The maximum Gasteiger partial charge on any atom is 0.266 e. The van der Waals surface area contributed by atoms with Crippen LogP contribution < -0.4 is 0 Å². The van der Waals surface area contributed by atoms with Crippen LogP contribution in [0.25, 0.3) is 23.0 Å². The van der Waals surface area contributed by atoms with Gasteiger partial charge in [-0.25, -0.2) is 0 Å². The second kappa shape index (κ2) is 4.70. The van der Waals surface area contributed by atoms with E-state index in [4.69, 9.17) is 4.42 Å². The predicted octanol–water partition coefficient (Wildman–Crippen LogP) is 3.56. The summed E-state index contributed by atoms with van der Waals surface area (Å²) in [5.74, 6) is 0.914. The molecule has 4 nitrogen and oxygen atoms in total. The molecule has 3 rings (SSSR count). The van der Waals surface area contributed by atoms with Crippen LogP contribution in [0.15, 0.2) is 57.6 Å². The number of rotatable bonds is 2. The van der Waals surface area contributed by atoms with Crippen molar-refractivity contribution in [3.8, 4) is 23.0 Å². The summed E-state index contributed by atoms with van der Waals surface area (Å²) in [4.78, 5) is 4.17. The Kier molecular flexibility index (Phi) is 2.90. The van der Waals surface area contributed by atoms with Crippen molar-refractivity contribution in [1.82, 2.24) is 15.2 Å². The third kappa shape index (κ3) is 2.17. The van der Waals surface area contributed by atoms with E-state index in [2.05, 4.69) is 31.1 Å². The van der Waals surface area contributed by atoms with Crippen LogP contribution >= 0.6 is 15.9 Å². The van der Waals surface area contributed by atoms with Gasteiger partial charge in [0.15, 0.2) is 0 Å². The molecule has 0 spiro atoms. The quantitative estimate of drug-likeness (QED) is 0.726. The summed E-state index contributed by atoms with van der Waals surface area (Å²) >= 11 is 3.38. The number of pyridine rings is 1. The second-order valence-corrected chi connectivity index (χ2v) is 4.55. The van der Waals surface area contributed by atoms with E-state index in [1.165, 1.54) is 0 Å². The SMILES string of the molecule is Brc1ccc(-c2nnc(-c3ccccn3)o2)cc1. The second-order valence-electron chi connectivity index (χ2n) is 3.63. The summed E-state index contributed by atoms with van der Waals surface area (Å²) in [5.41, 5.74) is 1.56. The van der Waals surface area contributed by atoms with E-state index in [1.807, 2.05) is 42.5 Å². The van der Waals surface area contributed by atoms with Crippen molar-refractivity contribution < 1.29 is 4.42 Å². The molecule has 0 bridgehead atoms. The molecule has 5 heteroatoms. The molecule has 3 aromatic rings. The highest BCUT2D eigenvalue weighted by Gasteiger charge is 2.10. The van der Waals surface area contributed by atoms with Gasteiger partial charge in [-0.15, -0.1) is 10.2 Å². The molecule has 2 heterocycles. The van der Waals surface area contributed by atoms with Crippen LogP contribution in [0, 0.1) is 0 Å². The van der Waals surface area contributed by atoms with Crippen LogP contribution in [0.4, 0.5) is 0 Å². The van der Waals surface area contributed by atoms with Gasteiger partial charge < -0.3 is 4.42 Å². The summed E-state index contributed by atoms with van der Waals surface area (Å²) in [6, 6.07) is 13.2. The van der Waals surface area contributed by atoms with Crippen molar-refractivity contribution in [3.05, 3.63) is 53.1 Å². The largest absolute Gasteiger partial charge is 0.415 e. The van der Waals surface area contributed by atoms with Crippen molar-refractivity contribution in [2.45, 2.75) is 0 Å². The fourth-order valence-electron chi connectivity index (χ4n) is 1.53. The van der Waals surface area contributed by atoms with Crippen LogP contribution in [0.2, 0.25) is 0 Å². The Labute approximate surface area is 112 Å². The van der Waals surface area contributed by atoms with Gasteiger partial charge in [0.2, 0.25) is 5.89 Å². The van der Waals surface area contributed by atoms with Gasteiger partial charge in [-0.05, 0) is 36.4 Å². The number of hydrogen-bond acceptors (Lipinski definition) is 4. The molecule has 0 fully saturated rings. The lowest BCUT2D eigenvalue weighted by Gasteiger charge is -1.94. The van der Waals surface area contributed by atoms with Gasteiger partial charge in [-0.1, -0.05) is 22.0 Å². The van der Waals surface area contributed by atoms with E-state index in [9.17, 15) is 0 Å². The normalized spacial score (nSPS) is 10.5. The van der Waals surface area contributed by atoms with Gasteiger partial charge >= 0.3 is 0 Å². The molecule has 2 aromatic heterocycles. The van der Waals surface area contributed by atoms with Crippen molar-refractivity contribution in [3.63, 3.8) is 0 Å². The average Bonchev–Trinajstić information content (AvgIpc) is 2.90. The van der Waals surface area contributed by atoms with Gasteiger partial charge in [-0.2, -0.15) is 0 Å². The molecule has 18 heavy (non-hydrogen) atoms. The lowest BCUT2D eigenvalue weighted by Crippen LogP contribution is -1.80. The van der Waals surface area contributed by atoms with E-state index < -0.39 is 0 Å². The predicted molar refractivity (Wildman–Crippen MR) is 70.7 cm³/mol. The Morgan fingerprint density at radius 1 is 0.889 bits per heavy atom. The minimum Gasteiger partial charge on any atom is -0.415 e. The zero-order valence-corrected chi connectivity index (χ0v) is 10.8. The fourth-order valence-corrected chi connectivity index (χ4v) is 1.79. The first kappa shape index (κ1) is 11.1. The highest BCUT2D eigenvalue weighted by molar-refractivity contribution is 9.10. The number of hydrogen-bond donors (Lipinski definition) is 0. The van der Waals surface area contributed by atoms with Crippen LogP contribution in [-0.2, 0) is 0 Å². The molecular formula is C13H8BrN3O. The first-order valence-corrected chi connectivity index (χ1v) is 6.13. The molecule has 0 aliphatic carbocycles. The molecule has 0 unspecified atom stereocenters. The minimum absolute atomic E-state index is 0.425. The lowest BCUT2D eigenvalue weighted by atomic mass is 10.2. The maximum absolute atomic E-state index is 5.60. The van der Waals surface area contributed by atoms with Gasteiger partial charge in [0.05, 0.1) is 0 Å². The van der Waals surface area contributed by atoms with Crippen LogP contribution in [0.5, 0.6) is 0 Å². The summed E-state index contributed by atoms with van der Waals surface area (Å²) in [6.07, 6.45) is 1.69. The number of nitrogens with zero attached hydrogens (tertiary/aromatic N) is 3. The first-order chi connectivity index (χ1) is 8.83. The van der Waals surface area contributed by atoms with Gasteiger partial charge in [0.1, 0.15) is 5.69 Å². The van der Waals surface area contributed by atoms with E-state index in [1.54, 1.807) is 6.20 Å². The Morgan fingerprint density at radius 3 is 2.39 bits per heavy atom. The van der Waals surface area contributed by atoms with Crippen molar-refractivity contribution >= 4 is 15.9 Å². The standard InChI is InChI=1S/C13H8BrN3O/c14-10-6-4-9(5-7-10)12-16-17-13(18-12)11-3-1-2-8-15-11/h1-8H. The maximum atomic E-state index is 5.60. The Morgan fingerprint density at radius 2 is 1.67 bits per heavy atom. The minimum atomic E-state index is 0.425. The van der Waals surface area contributed by atoms with Gasteiger partial charge in [-0.3, -0.25) is 4.98 Å². The van der Waals surface area contributed by atoms with Gasteiger partial charge in [0, 0.05) is 16.2 Å². The number of halogens is 1. The van der Waals surface area contributed by atoms with E-state index in [0.717, 1.165) is 10.0 Å². The summed E-state index contributed by atoms with van der Waals surface area (Å²) < 4.78 is 6.61. The van der Waals surface area contributed by atoms with Crippen LogP contribution in [0.1, 0.15) is 0 Å². The third-order valence-corrected chi connectivity index (χ3v) is 2.93. The zero-order chi connectivity index (χ0) is 12.4. The first-order valence-electron chi connectivity index (χ1n) is 5.34. The van der Waals surface area contributed by atoms with Crippen LogP contribution in [0.3, 0.4) is 0 Å². The molecule has 0 aliphatic heterocycles. The molecular weight excluding hydrogens is 294 g/mol. The third-order valence-electron chi connectivity index (χ3n) is 2.40. The molecule has 0 amide bonds. The Hall–Kier alpha value is -2.01. The molecule has 0 N–H and O–H groups in total. The fraction of sp³-hybridized carbons (Fsp3) is 0. The molecule has 0 radical (unpaired) electrons.